The van der Waals surface area contributed by atoms with Crippen LogP contribution in [0, 0.1) is 23.7 Å². The highest BCUT2D eigenvalue weighted by Crippen LogP contribution is 2.67. The number of aliphatic hydroxyl groups excluding tert-OH is 1. The Morgan fingerprint density at radius 2 is 1.53 bits per heavy atom. The van der Waals surface area contributed by atoms with E-state index in [0.29, 0.717) is 46.8 Å². The van der Waals surface area contributed by atoms with Gasteiger partial charge in [0.2, 0.25) is 17.8 Å². The van der Waals surface area contributed by atoms with E-state index in [2.05, 4.69) is 37.4 Å². The second-order valence-corrected chi connectivity index (χ2v) is 19.8. The molecule has 78 heavy (non-hydrogen) atoms. The molecule has 11 rings (SSSR count). The maximum atomic E-state index is 17.1. The van der Waals surface area contributed by atoms with Gasteiger partial charge in [0.15, 0.2) is 0 Å². The fourth-order valence-electron chi connectivity index (χ4n) is 11.8. The zero-order valence-corrected chi connectivity index (χ0v) is 43.1. The van der Waals surface area contributed by atoms with Gasteiger partial charge in [-0.2, -0.15) is 0 Å². The quantitative estimate of drug-likeness (QED) is 0.113. The van der Waals surface area contributed by atoms with Crippen molar-refractivity contribution in [1.82, 2.24) is 40.1 Å². The SMILES string of the molecule is COC(=O)C(NC(=O)N1C(=O)C2(c3cc(C#CCn4nnc5ccccc54)ccc31)C(C(=O)N1CCN(c3ncccn3)CC1)C1C(=O)OC(c3ccccc3)C(c3ccccc3)N1C2c1ccccc1OCCO)C(C)C. The average molecular weight is 1050 g/mol. The number of rotatable bonds is 12. The van der Waals surface area contributed by atoms with Crippen LogP contribution in [0.5, 0.6) is 5.75 Å². The predicted molar refractivity (Wildman–Crippen MR) is 285 cm³/mol. The van der Waals surface area contributed by atoms with Crippen molar-refractivity contribution in [1.29, 1.82) is 0 Å². The Labute approximate surface area is 449 Å². The molecule has 19 heteroatoms. The van der Waals surface area contributed by atoms with E-state index >= 15 is 19.2 Å². The highest BCUT2D eigenvalue weighted by Gasteiger charge is 2.76. The van der Waals surface area contributed by atoms with Crippen molar-refractivity contribution in [2.45, 2.75) is 56.1 Å². The molecule has 0 aliphatic carbocycles. The summed E-state index contributed by atoms with van der Waals surface area (Å²) in [6, 6.07) is 34.2. The molecule has 0 saturated carbocycles. The molecule has 3 saturated heterocycles. The van der Waals surface area contributed by atoms with Gasteiger partial charge < -0.3 is 34.4 Å². The number of aliphatic hydroxyl groups is 1. The van der Waals surface area contributed by atoms with Crippen LogP contribution in [-0.2, 0) is 40.6 Å². The molecule has 1 spiro atoms. The first-order valence-corrected chi connectivity index (χ1v) is 25.9. The van der Waals surface area contributed by atoms with Gasteiger partial charge in [0, 0.05) is 49.7 Å². The molecule has 6 heterocycles. The van der Waals surface area contributed by atoms with E-state index in [1.165, 1.54) is 7.11 Å². The number of imide groups is 1. The molecule has 396 valence electrons. The van der Waals surface area contributed by atoms with Crippen molar-refractivity contribution in [3.8, 4) is 17.6 Å². The van der Waals surface area contributed by atoms with E-state index < -0.39 is 77.3 Å². The molecule has 4 amide bonds. The summed E-state index contributed by atoms with van der Waals surface area (Å²) in [6.07, 6.45) is 2.31. The number of methoxy groups -OCH3 is 1. The molecule has 19 nitrogen and oxygen atoms in total. The van der Waals surface area contributed by atoms with Gasteiger partial charge in [-0.15, -0.1) is 5.10 Å². The third-order valence-corrected chi connectivity index (χ3v) is 15.2. The molecule has 0 radical (unpaired) electrons. The normalized spacial score (nSPS) is 22.1. The molecule has 0 bridgehead atoms. The summed E-state index contributed by atoms with van der Waals surface area (Å²) in [5.41, 5.74) is 1.80. The van der Waals surface area contributed by atoms with Crippen molar-refractivity contribution in [3.05, 3.63) is 174 Å². The summed E-state index contributed by atoms with van der Waals surface area (Å²) in [7, 11) is 1.21. The fraction of sp³-hybridized carbons (Fsp3) is 0.305. The summed E-state index contributed by atoms with van der Waals surface area (Å²) < 4.78 is 19.9. The molecule has 2 N–H and O–H groups in total. The van der Waals surface area contributed by atoms with E-state index in [1.54, 1.807) is 84.4 Å². The maximum Gasteiger partial charge on any atom is 0.329 e. The summed E-state index contributed by atoms with van der Waals surface area (Å²) >= 11 is 0. The second-order valence-electron chi connectivity index (χ2n) is 19.8. The first-order valence-electron chi connectivity index (χ1n) is 25.9. The molecule has 3 fully saturated rings. The van der Waals surface area contributed by atoms with Crippen LogP contribution in [0.1, 0.15) is 59.9 Å². The number of ether oxygens (including phenoxy) is 3. The number of carbonyl (C=O) groups is 5. The van der Waals surface area contributed by atoms with Crippen LogP contribution in [0.4, 0.5) is 16.4 Å². The van der Waals surface area contributed by atoms with Crippen molar-refractivity contribution >= 4 is 52.5 Å². The van der Waals surface area contributed by atoms with Gasteiger partial charge in [-0.3, -0.25) is 19.3 Å². The number of carbonyl (C=O) groups excluding carboxylic acids is 5. The van der Waals surface area contributed by atoms with Gasteiger partial charge in [-0.1, -0.05) is 122 Å². The Hall–Kier alpha value is -8.99. The molecule has 7 unspecified atom stereocenters. The first kappa shape index (κ1) is 51.1. The molecule has 4 aliphatic heterocycles. The minimum absolute atomic E-state index is 0.101. The number of benzene rings is 5. The second kappa shape index (κ2) is 21.6. The van der Waals surface area contributed by atoms with Gasteiger partial charge in [0.05, 0.1) is 42.9 Å². The summed E-state index contributed by atoms with van der Waals surface area (Å²) in [5, 5.41) is 21.6. The highest BCUT2D eigenvalue weighted by atomic mass is 16.6. The molecule has 5 aromatic carbocycles. The van der Waals surface area contributed by atoms with Crippen LogP contribution in [0.25, 0.3) is 11.0 Å². The Morgan fingerprint density at radius 3 is 2.24 bits per heavy atom. The number of hydrogen-bond donors (Lipinski definition) is 2. The number of urea groups is 1. The number of aromatic nitrogens is 5. The fourth-order valence-corrected chi connectivity index (χ4v) is 11.8. The minimum Gasteiger partial charge on any atom is -0.491 e. The zero-order chi connectivity index (χ0) is 54.1. The van der Waals surface area contributed by atoms with E-state index in [4.69, 9.17) is 14.2 Å². The summed E-state index contributed by atoms with van der Waals surface area (Å²) in [6.45, 7) is 4.08. The predicted octanol–water partition coefficient (Wildman–Crippen LogP) is 5.57. The maximum absolute atomic E-state index is 17.1. The van der Waals surface area contributed by atoms with E-state index in [-0.39, 0.29) is 49.8 Å². The lowest BCUT2D eigenvalue weighted by atomic mass is 9.64. The van der Waals surface area contributed by atoms with Gasteiger partial charge in [-0.25, -0.2) is 29.1 Å². The number of anilines is 2. The Bertz CT molecular complexity index is 3450. The lowest BCUT2D eigenvalue weighted by molar-refractivity contribution is -0.179. The Morgan fingerprint density at radius 1 is 0.833 bits per heavy atom. The van der Waals surface area contributed by atoms with Crippen LogP contribution in [0.15, 0.2) is 146 Å². The highest BCUT2D eigenvalue weighted by molar-refractivity contribution is 6.25. The molecule has 7 aromatic rings. The standard InChI is InChI=1S/C59H56N10O9/c1-37(2)48(54(72)76-3)62-58(75)68-44-26-25-38(16-14-29-67-45-23-12-11-22-43(45)63-64-67)36-42(44)59(56(68)74)47(53(71)65-30-32-66(33-31-65)57-60-27-15-28-61-57)50-55(73)78-51(40-19-8-5-9-20-40)49(39-17-6-4-7-18-39)69(50)52(59)41-21-10-13-24-46(41)77-35-34-70/h4-13,15,17-28,36-37,47-52,70H,29-35H2,1-3H3,(H,62,75). The Kier molecular flexibility index (Phi) is 14.1. The first-order chi connectivity index (χ1) is 38.0. The number of amides is 4. The number of nitrogens with one attached hydrogen (secondary N) is 1. The number of nitrogens with zero attached hydrogens (tertiary/aromatic N) is 9. The van der Waals surface area contributed by atoms with Gasteiger partial charge in [0.25, 0.3) is 0 Å². The number of morpholine rings is 1. The van der Waals surface area contributed by atoms with Crippen LogP contribution in [0.3, 0.4) is 0 Å². The number of piperazine rings is 1. The summed E-state index contributed by atoms with van der Waals surface area (Å²) in [4.78, 5) is 93.6. The van der Waals surface area contributed by atoms with Crippen LogP contribution in [0.2, 0.25) is 0 Å². The number of fused-ring (bicyclic) bond motifs is 4. The monoisotopic (exact) mass is 1050 g/mol. The number of esters is 2. The number of para-hydroxylation sites is 2. The van der Waals surface area contributed by atoms with Crippen molar-refractivity contribution in [2.24, 2.45) is 11.8 Å². The zero-order valence-electron chi connectivity index (χ0n) is 43.1. The molecule has 7 atom stereocenters. The van der Waals surface area contributed by atoms with Crippen LogP contribution in [-0.4, -0.2) is 128 Å². The smallest absolute Gasteiger partial charge is 0.329 e. The largest absolute Gasteiger partial charge is 0.491 e. The topological polar surface area (TPSA) is 215 Å². The summed E-state index contributed by atoms with van der Waals surface area (Å²) in [5.74, 6) is 2.28. The number of cyclic esters (lactones) is 1. The average Bonchev–Trinajstić information content (AvgIpc) is 4.32. The molecular formula is C59H56N10O9. The Balaban J connectivity index is 1.18. The molecular weight excluding hydrogens is 993 g/mol. The third kappa shape index (κ3) is 8.91. The van der Waals surface area contributed by atoms with Crippen molar-refractivity contribution in [2.75, 3.05) is 56.3 Å². The van der Waals surface area contributed by atoms with Gasteiger partial charge in [-0.05, 0) is 65.1 Å². The third-order valence-electron chi connectivity index (χ3n) is 15.2. The van der Waals surface area contributed by atoms with Crippen LogP contribution >= 0.6 is 0 Å². The lowest BCUT2D eigenvalue weighted by Crippen LogP contribution is -2.60. The van der Waals surface area contributed by atoms with E-state index in [9.17, 15) is 9.90 Å². The number of hydrogen-bond acceptors (Lipinski definition) is 15. The van der Waals surface area contributed by atoms with Crippen molar-refractivity contribution < 1.29 is 43.3 Å². The molecule has 2 aromatic heterocycles. The van der Waals surface area contributed by atoms with Crippen molar-refractivity contribution in [3.63, 3.8) is 0 Å². The minimum atomic E-state index is -2.18. The van der Waals surface area contributed by atoms with Crippen LogP contribution < -0.4 is 19.9 Å². The van der Waals surface area contributed by atoms with Gasteiger partial charge in [0.1, 0.15) is 48.0 Å². The van der Waals surface area contributed by atoms with E-state index in [1.807, 2.05) is 94.7 Å². The van der Waals surface area contributed by atoms with E-state index in [0.717, 1.165) is 10.4 Å². The molecule has 4 aliphatic rings. The lowest BCUT2D eigenvalue weighted by Gasteiger charge is -2.46. The van der Waals surface area contributed by atoms with Gasteiger partial charge >= 0.3 is 18.0 Å².